The van der Waals surface area contributed by atoms with Gasteiger partial charge in [-0.1, -0.05) is 0 Å². The van der Waals surface area contributed by atoms with Crippen LogP contribution in [0.3, 0.4) is 0 Å². The maximum atomic E-state index is 12.5. The molecule has 2 aromatic heterocycles. The van der Waals surface area contributed by atoms with Crippen molar-refractivity contribution in [1.29, 1.82) is 0 Å². The van der Waals surface area contributed by atoms with E-state index >= 15 is 0 Å². The summed E-state index contributed by atoms with van der Waals surface area (Å²) in [6.07, 6.45) is 0. The molecule has 13 heteroatoms. The Morgan fingerprint density at radius 2 is 1.61 bits per heavy atom. The number of pyridine rings is 1. The van der Waals surface area contributed by atoms with E-state index in [4.69, 9.17) is 9.47 Å². The topological polar surface area (TPSA) is 159 Å². The van der Waals surface area contributed by atoms with Crippen LogP contribution in [0.2, 0.25) is 0 Å². The first-order chi connectivity index (χ1) is 13.2. The fourth-order valence-corrected chi connectivity index (χ4v) is 3.07. The average molecular weight is 411 g/mol. The zero-order valence-electron chi connectivity index (χ0n) is 15.3. The monoisotopic (exact) mass is 411 g/mol. The van der Waals surface area contributed by atoms with E-state index < -0.39 is 27.0 Å². The Morgan fingerprint density at radius 3 is 2.14 bits per heavy atom. The second kappa shape index (κ2) is 8.47. The number of amides is 2. The molecule has 0 aliphatic rings. The van der Waals surface area contributed by atoms with Gasteiger partial charge in [0.1, 0.15) is 0 Å². The Labute approximate surface area is 160 Å². The van der Waals surface area contributed by atoms with Gasteiger partial charge in [-0.15, -0.1) is 0 Å². The molecule has 0 saturated carbocycles. The zero-order valence-corrected chi connectivity index (χ0v) is 16.2. The van der Waals surface area contributed by atoms with Gasteiger partial charge < -0.3 is 14.2 Å². The van der Waals surface area contributed by atoms with Crippen molar-refractivity contribution in [2.75, 3.05) is 26.6 Å². The van der Waals surface area contributed by atoms with Gasteiger partial charge in [0, 0.05) is 5.69 Å². The third-order valence-corrected chi connectivity index (χ3v) is 4.48. The lowest BCUT2D eigenvalue weighted by Gasteiger charge is -2.11. The molecular weight excluding hydrogens is 394 g/mol. The molecule has 2 heterocycles. The number of sulfonamides is 1. The minimum absolute atomic E-state index is 0.0818. The van der Waals surface area contributed by atoms with Gasteiger partial charge >= 0.3 is 12.0 Å². The molecule has 2 amide bonds. The van der Waals surface area contributed by atoms with Crippen LogP contribution in [0.5, 0.6) is 11.8 Å². The van der Waals surface area contributed by atoms with Crippen molar-refractivity contribution >= 4 is 28.0 Å². The molecule has 0 radical (unpaired) electrons. The maximum Gasteiger partial charge on any atom is 0.340 e. The molecule has 2 N–H and O–H groups in total. The highest BCUT2D eigenvalue weighted by molar-refractivity contribution is 7.90. The average Bonchev–Trinajstić information content (AvgIpc) is 2.66. The normalized spacial score (nSPS) is 10.7. The first kappa shape index (κ1) is 20.8. The first-order valence-corrected chi connectivity index (χ1v) is 9.05. The maximum absolute atomic E-state index is 12.5. The van der Waals surface area contributed by atoms with Crippen molar-refractivity contribution in [1.82, 2.24) is 19.7 Å². The molecule has 12 nitrogen and oxygen atoms in total. The lowest BCUT2D eigenvalue weighted by atomic mass is 10.2. The number of esters is 1. The van der Waals surface area contributed by atoms with Crippen LogP contribution in [-0.2, 0) is 14.8 Å². The second-order valence-electron chi connectivity index (χ2n) is 5.13. The van der Waals surface area contributed by atoms with Crippen LogP contribution in [-0.4, -0.2) is 56.7 Å². The van der Waals surface area contributed by atoms with Gasteiger partial charge in [-0.05, 0) is 19.1 Å². The van der Waals surface area contributed by atoms with Crippen LogP contribution >= 0.6 is 0 Å². The smallest absolute Gasteiger partial charge is 0.340 e. The number of hydrogen-bond donors (Lipinski definition) is 2. The van der Waals surface area contributed by atoms with Crippen LogP contribution in [0, 0.1) is 6.92 Å². The molecule has 150 valence electrons. The van der Waals surface area contributed by atoms with E-state index in [0.717, 1.165) is 7.11 Å². The van der Waals surface area contributed by atoms with E-state index in [2.05, 4.69) is 25.0 Å². The Morgan fingerprint density at radius 1 is 1.00 bits per heavy atom. The van der Waals surface area contributed by atoms with Crippen molar-refractivity contribution in [2.24, 2.45) is 0 Å². The number of nitrogens with one attached hydrogen (secondary N) is 2. The molecular formula is C15H17N5O7S. The van der Waals surface area contributed by atoms with Gasteiger partial charge in [0.05, 0.1) is 33.0 Å². The van der Waals surface area contributed by atoms with Gasteiger partial charge in [-0.25, -0.2) is 19.3 Å². The molecule has 0 aromatic carbocycles. The third-order valence-electron chi connectivity index (χ3n) is 3.21. The van der Waals surface area contributed by atoms with Gasteiger partial charge in [0.15, 0.2) is 5.03 Å². The summed E-state index contributed by atoms with van der Waals surface area (Å²) in [5, 5.41) is 1.49. The fraction of sp³-hybridized carbons (Fsp3) is 0.267. The summed E-state index contributed by atoms with van der Waals surface area (Å²) in [6.45, 7) is 1.52. The van der Waals surface area contributed by atoms with Gasteiger partial charge in [-0.2, -0.15) is 18.4 Å². The molecule has 0 fully saturated rings. The lowest BCUT2D eigenvalue weighted by molar-refractivity contribution is 0.0595. The predicted octanol–water partition coefficient (Wildman–Crippen LogP) is 0.494. The van der Waals surface area contributed by atoms with Crippen LogP contribution in [0.1, 0.15) is 16.1 Å². The third kappa shape index (κ3) is 4.82. The largest absolute Gasteiger partial charge is 0.481 e. The Hall–Kier alpha value is -3.48. The molecule has 0 aliphatic carbocycles. The van der Waals surface area contributed by atoms with Gasteiger partial charge in [0.2, 0.25) is 17.7 Å². The molecule has 2 aromatic rings. The number of aromatic nitrogens is 3. The number of carbonyl (C=O) groups excluding carboxylic acids is 2. The van der Waals surface area contributed by atoms with Crippen LogP contribution in [0.15, 0.2) is 23.2 Å². The van der Waals surface area contributed by atoms with E-state index in [1.807, 2.05) is 0 Å². The van der Waals surface area contributed by atoms with Crippen molar-refractivity contribution in [3.8, 4) is 11.8 Å². The van der Waals surface area contributed by atoms with E-state index in [0.29, 0.717) is 5.69 Å². The van der Waals surface area contributed by atoms with Crippen molar-refractivity contribution in [3.63, 3.8) is 0 Å². The quantitative estimate of drug-likeness (QED) is 0.641. The minimum atomic E-state index is -4.51. The molecule has 2 rings (SSSR count). The van der Waals surface area contributed by atoms with E-state index in [9.17, 15) is 18.0 Å². The van der Waals surface area contributed by atoms with E-state index in [1.165, 1.54) is 39.3 Å². The van der Waals surface area contributed by atoms with E-state index in [1.54, 1.807) is 4.72 Å². The number of anilines is 1. The summed E-state index contributed by atoms with van der Waals surface area (Å²) < 4.78 is 41.2. The molecule has 28 heavy (non-hydrogen) atoms. The highest BCUT2D eigenvalue weighted by Gasteiger charge is 2.27. The van der Waals surface area contributed by atoms with Crippen LogP contribution < -0.4 is 19.5 Å². The fourth-order valence-electron chi connectivity index (χ4n) is 1.97. The number of urea groups is 1. The molecule has 0 bridgehead atoms. The predicted molar refractivity (Wildman–Crippen MR) is 94.8 cm³/mol. The number of ether oxygens (including phenoxy) is 3. The van der Waals surface area contributed by atoms with Gasteiger partial charge in [0.25, 0.3) is 10.0 Å². The SMILES string of the molecule is COC(=O)c1ccc(C)nc1S(=O)(=O)NC(=O)Nc1nc(OC)cc(OC)n1. The number of rotatable bonds is 6. The summed E-state index contributed by atoms with van der Waals surface area (Å²) in [7, 11) is -0.740. The molecule has 0 saturated heterocycles. The summed E-state index contributed by atoms with van der Waals surface area (Å²) in [6, 6.07) is 2.84. The molecule has 0 atom stereocenters. The number of hydrogen-bond acceptors (Lipinski definition) is 10. The summed E-state index contributed by atoms with van der Waals surface area (Å²) >= 11 is 0. The summed E-state index contributed by atoms with van der Waals surface area (Å²) in [4.78, 5) is 35.5. The molecule has 0 unspecified atom stereocenters. The van der Waals surface area contributed by atoms with Crippen molar-refractivity contribution < 1.29 is 32.2 Å². The van der Waals surface area contributed by atoms with Crippen molar-refractivity contribution in [2.45, 2.75) is 11.9 Å². The number of aryl methyl sites for hydroxylation is 1. The Balaban J connectivity index is 2.29. The first-order valence-electron chi connectivity index (χ1n) is 7.57. The zero-order chi connectivity index (χ0) is 20.9. The molecule has 0 aliphatic heterocycles. The van der Waals surface area contributed by atoms with Gasteiger partial charge in [-0.3, -0.25) is 5.32 Å². The number of methoxy groups -OCH3 is 3. The highest BCUT2D eigenvalue weighted by Crippen LogP contribution is 2.18. The molecule has 0 spiro atoms. The summed E-state index contributed by atoms with van der Waals surface area (Å²) in [5.41, 5.74) is -0.0120. The second-order valence-corrected chi connectivity index (χ2v) is 6.73. The van der Waals surface area contributed by atoms with Crippen LogP contribution in [0.4, 0.5) is 10.7 Å². The highest BCUT2D eigenvalue weighted by atomic mass is 32.2. The lowest BCUT2D eigenvalue weighted by Crippen LogP contribution is -2.36. The standard InChI is InChI=1S/C15H17N5O7S/c1-8-5-6-9(13(21)27-4)12(16-8)28(23,24)20-15(22)19-14-17-10(25-2)7-11(18-14)26-3/h5-7H,1-4H3,(H2,17,18,19,20,22). The Bertz CT molecular complexity index is 988. The van der Waals surface area contributed by atoms with Crippen LogP contribution in [0.25, 0.3) is 0 Å². The summed E-state index contributed by atoms with van der Waals surface area (Å²) in [5.74, 6) is -1.03. The van der Waals surface area contributed by atoms with Crippen molar-refractivity contribution in [3.05, 3.63) is 29.5 Å². The Kier molecular flexibility index (Phi) is 6.30. The minimum Gasteiger partial charge on any atom is -0.481 e. The number of nitrogens with zero attached hydrogens (tertiary/aromatic N) is 3. The number of carbonyl (C=O) groups is 2. The van der Waals surface area contributed by atoms with E-state index in [-0.39, 0.29) is 23.3 Å².